The summed E-state index contributed by atoms with van der Waals surface area (Å²) in [5.41, 5.74) is 7.26. The molecule has 2 rings (SSSR count). The van der Waals surface area contributed by atoms with Crippen molar-refractivity contribution in [3.8, 4) is 0 Å². The Kier molecular flexibility index (Phi) is 4.04. The van der Waals surface area contributed by atoms with Gasteiger partial charge in [0.25, 0.3) is 10.0 Å². The standard InChI is InChI=1S/C11H16N4O2S2/c1-7-3-11(18-10(7)4-12)19(16,17)15-8(2)9-5-13-14-6-9/h3,5-6,8,15H,4,12H2,1-2H3,(H,13,14). The summed E-state index contributed by atoms with van der Waals surface area (Å²) in [4.78, 5) is 0.885. The fourth-order valence-corrected chi connectivity index (χ4v) is 4.40. The van der Waals surface area contributed by atoms with Crippen molar-refractivity contribution < 1.29 is 8.42 Å². The van der Waals surface area contributed by atoms with E-state index < -0.39 is 10.0 Å². The highest BCUT2D eigenvalue weighted by Gasteiger charge is 2.21. The Morgan fingerprint density at radius 2 is 2.32 bits per heavy atom. The second kappa shape index (κ2) is 5.41. The first-order chi connectivity index (χ1) is 8.94. The van der Waals surface area contributed by atoms with Gasteiger partial charge in [0.1, 0.15) is 4.21 Å². The second-order valence-electron chi connectivity index (χ2n) is 4.25. The SMILES string of the molecule is Cc1cc(S(=O)(=O)NC(C)c2cn[nH]c2)sc1CN. The zero-order valence-electron chi connectivity index (χ0n) is 10.7. The van der Waals surface area contributed by atoms with Crippen LogP contribution in [0.25, 0.3) is 0 Å². The Morgan fingerprint density at radius 3 is 2.84 bits per heavy atom. The van der Waals surface area contributed by atoms with Gasteiger partial charge < -0.3 is 5.73 Å². The molecule has 19 heavy (non-hydrogen) atoms. The topological polar surface area (TPSA) is 101 Å². The van der Waals surface area contributed by atoms with Crippen molar-refractivity contribution in [3.05, 3.63) is 34.5 Å². The lowest BCUT2D eigenvalue weighted by Crippen LogP contribution is -2.26. The van der Waals surface area contributed by atoms with Gasteiger partial charge in [0, 0.05) is 29.2 Å². The van der Waals surface area contributed by atoms with Crippen molar-refractivity contribution >= 4 is 21.4 Å². The Balaban J connectivity index is 2.22. The molecule has 0 aromatic carbocycles. The van der Waals surface area contributed by atoms with Gasteiger partial charge in [-0.2, -0.15) is 5.10 Å². The van der Waals surface area contributed by atoms with Gasteiger partial charge >= 0.3 is 0 Å². The van der Waals surface area contributed by atoms with Crippen LogP contribution in [0.5, 0.6) is 0 Å². The van der Waals surface area contributed by atoms with Crippen LogP contribution < -0.4 is 10.5 Å². The van der Waals surface area contributed by atoms with Crippen molar-refractivity contribution in [2.75, 3.05) is 0 Å². The molecule has 8 heteroatoms. The van der Waals surface area contributed by atoms with Gasteiger partial charge in [-0.1, -0.05) is 0 Å². The van der Waals surface area contributed by atoms with Crippen molar-refractivity contribution in [2.45, 2.75) is 30.6 Å². The molecular weight excluding hydrogens is 284 g/mol. The number of nitrogens with one attached hydrogen (secondary N) is 2. The molecule has 2 heterocycles. The van der Waals surface area contributed by atoms with E-state index in [1.807, 2.05) is 6.92 Å². The predicted molar refractivity (Wildman–Crippen MR) is 74.3 cm³/mol. The summed E-state index contributed by atoms with van der Waals surface area (Å²) in [6, 6.07) is 1.31. The minimum atomic E-state index is -3.53. The quantitative estimate of drug-likeness (QED) is 0.774. The van der Waals surface area contributed by atoms with Gasteiger partial charge in [-0.15, -0.1) is 11.3 Å². The summed E-state index contributed by atoms with van der Waals surface area (Å²) in [7, 11) is -3.53. The number of sulfonamides is 1. The third-order valence-corrected chi connectivity index (χ3v) is 6.07. The maximum Gasteiger partial charge on any atom is 0.250 e. The summed E-state index contributed by atoms with van der Waals surface area (Å²) >= 11 is 1.21. The lowest BCUT2D eigenvalue weighted by molar-refractivity contribution is 0.569. The number of hydrogen-bond acceptors (Lipinski definition) is 5. The molecule has 1 atom stereocenters. The molecule has 0 spiro atoms. The van der Waals surface area contributed by atoms with E-state index in [1.54, 1.807) is 25.4 Å². The zero-order valence-corrected chi connectivity index (χ0v) is 12.3. The average molecular weight is 300 g/mol. The number of aromatic nitrogens is 2. The molecule has 0 saturated heterocycles. The van der Waals surface area contributed by atoms with Crippen LogP contribution in [0.1, 0.15) is 29.0 Å². The molecule has 1 unspecified atom stereocenters. The summed E-state index contributed by atoms with van der Waals surface area (Å²) < 4.78 is 27.4. The van der Waals surface area contributed by atoms with Gasteiger partial charge in [0.05, 0.1) is 6.20 Å². The number of thiophene rings is 1. The van der Waals surface area contributed by atoms with Crippen LogP contribution in [0.2, 0.25) is 0 Å². The third kappa shape index (κ3) is 3.03. The fraction of sp³-hybridized carbons (Fsp3) is 0.364. The van der Waals surface area contributed by atoms with E-state index in [4.69, 9.17) is 5.73 Å². The summed E-state index contributed by atoms with van der Waals surface area (Å²) in [5.74, 6) is 0. The minimum Gasteiger partial charge on any atom is -0.326 e. The van der Waals surface area contributed by atoms with E-state index in [-0.39, 0.29) is 6.04 Å². The largest absolute Gasteiger partial charge is 0.326 e. The van der Waals surface area contributed by atoms with Gasteiger partial charge in [0.2, 0.25) is 0 Å². The van der Waals surface area contributed by atoms with Crippen molar-refractivity contribution in [1.29, 1.82) is 0 Å². The maximum atomic E-state index is 12.2. The van der Waals surface area contributed by atoms with E-state index in [0.717, 1.165) is 16.0 Å². The van der Waals surface area contributed by atoms with Crippen LogP contribution in [-0.4, -0.2) is 18.6 Å². The molecule has 0 aliphatic heterocycles. The molecule has 0 aliphatic rings. The second-order valence-corrected chi connectivity index (χ2v) is 7.33. The van der Waals surface area contributed by atoms with Crippen LogP contribution in [0, 0.1) is 6.92 Å². The molecule has 0 aliphatic carbocycles. The van der Waals surface area contributed by atoms with Crippen LogP contribution in [0.4, 0.5) is 0 Å². The van der Waals surface area contributed by atoms with E-state index in [0.29, 0.717) is 10.8 Å². The molecule has 0 amide bonds. The maximum absolute atomic E-state index is 12.2. The molecule has 104 valence electrons. The highest BCUT2D eigenvalue weighted by atomic mass is 32.2. The van der Waals surface area contributed by atoms with Crippen molar-refractivity contribution in [3.63, 3.8) is 0 Å². The number of hydrogen-bond donors (Lipinski definition) is 3. The number of nitrogens with zero attached hydrogens (tertiary/aromatic N) is 1. The van der Waals surface area contributed by atoms with Gasteiger partial charge in [-0.25, -0.2) is 13.1 Å². The zero-order chi connectivity index (χ0) is 14.0. The molecule has 0 bridgehead atoms. The highest BCUT2D eigenvalue weighted by Crippen LogP contribution is 2.26. The average Bonchev–Trinajstić information content (AvgIpc) is 2.96. The first kappa shape index (κ1) is 14.2. The van der Waals surface area contributed by atoms with E-state index in [9.17, 15) is 8.42 Å². The molecule has 2 aromatic heterocycles. The number of rotatable bonds is 5. The number of aryl methyl sites for hydroxylation is 1. The molecule has 0 fully saturated rings. The summed E-state index contributed by atoms with van der Waals surface area (Å²) in [5, 5.41) is 6.46. The molecule has 0 radical (unpaired) electrons. The first-order valence-electron chi connectivity index (χ1n) is 5.74. The monoisotopic (exact) mass is 300 g/mol. The van der Waals surface area contributed by atoms with Gasteiger partial charge in [-0.05, 0) is 25.5 Å². The molecule has 0 saturated carbocycles. The molecule has 6 nitrogen and oxygen atoms in total. The number of H-pyrrole nitrogens is 1. The number of aromatic amines is 1. The lowest BCUT2D eigenvalue weighted by atomic mass is 10.2. The highest BCUT2D eigenvalue weighted by molar-refractivity contribution is 7.91. The normalized spacial score (nSPS) is 13.6. The van der Waals surface area contributed by atoms with Crippen LogP contribution >= 0.6 is 11.3 Å². The van der Waals surface area contributed by atoms with Crippen LogP contribution in [0.15, 0.2) is 22.7 Å². The van der Waals surface area contributed by atoms with Crippen LogP contribution in [0.3, 0.4) is 0 Å². The molecule has 4 N–H and O–H groups in total. The fourth-order valence-electron chi connectivity index (χ4n) is 1.68. The molecular formula is C11H16N4O2S2. The van der Waals surface area contributed by atoms with Crippen molar-refractivity contribution in [2.24, 2.45) is 5.73 Å². The van der Waals surface area contributed by atoms with Crippen molar-refractivity contribution in [1.82, 2.24) is 14.9 Å². The Bertz CT molecular complexity index is 646. The van der Waals surface area contributed by atoms with Gasteiger partial charge in [0.15, 0.2) is 0 Å². The third-order valence-electron chi connectivity index (χ3n) is 2.80. The van der Waals surface area contributed by atoms with Gasteiger partial charge in [-0.3, -0.25) is 5.10 Å². The lowest BCUT2D eigenvalue weighted by Gasteiger charge is -2.11. The Morgan fingerprint density at radius 1 is 1.58 bits per heavy atom. The van der Waals surface area contributed by atoms with E-state index in [2.05, 4.69) is 14.9 Å². The van der Waals surface area contributed by atoms with Crippen LogP contribution in [-0.2, 0) is 16.6 Å². The molecule has 2 aromatic rings. The Labute approximate surface area is 116 Å². The van der Waals surface area contributed by atoms with E-state index >= 15 is 0 Å². The van der Waals surface area contributed by atoms with E-state index in [1.165, 1.54) is 11.3 Å². The predicted octanol–water partition coefficient (Wildman–Crippen LogP) is 1.28. The summed E-state index contributed by atoms with van der Waals surface area (Å²) in [6.45, 7) is 3.98. The minimum absolute atomic E-state index is 0.292. The number of nitrogens with two attached hydrogens (primary N) is 1. The Hall–Kier alpha value is -1.22. The summed E-state index contributed by atoms with van der Waals surface area (Å²) in [6.07, 6.45) is 3.26. The smallest absolute Gasteiger partial charge is 0.250 e. The first-order valence-corrected chi connectivity index (χ1v) is 8.04.